The van der Waals surface area contributed by atoms with Crippen molar-refractivity contribution < 1.29 is 14.3 Å². The van der Waals surface area contributed by atoms with Crippen molar-refractivity contribution in [3.8, 4) is 5.75 Å². The van der Waals surface area contributed by atoms with Gasteiger partial charge in [-0.25, -0.2) is 0 Å². The van der Waals surface area contributed by atoms with Gasteiger partial charge in [0, 0.05) is 21.3 Å². The van der Waals surface area contributed by atoms with E-state index in [0.29, 0.717) is 20.9 Å². The van der Waals surface area contributed by atoms with Crippen molar-refractivity contribution in [2.45, 2.75) is 25.6 Å². The van der Waals surface area contributed by atoms with E-state index in [-0.39, 0.29) is 12.6 Å². The summed E-state index contributed by atoms with van der Waals surface area (Å²) >= 11 is 18.0. The number of rotatable bonds is 3. The van der Waals surface area contributed by atoms with Crippen molar-refractivity contribution in [1.82, 2.24) is 5.32 Å². The van der Waals surface area contributed by atoms with Crippen LogP contribution in [-0.4, -0.2) is 23.4 Å². The Labute approximate surface area is 178 Å². The van der Waals surface area contributed by atoms with Crippen molar-refractivity contribution in [3.63, 3.8) is 0 Å². The molecule has 28 heavy (non-hydrogen) atoms. The van der Waals surface area contributed by atoms with Gasteiger partial charge in [-0.15, -0.1) is 0 Å². The fourth-order valence-corrected chi connectivity index (χ4v) is 4.73. The van der Waals surface area contributed by atoms with Crippen LogP contribution in [0.2, 0.25) is 10.0 Å². The number of halogens is 2. The van der Waals surface area contributed by atoms with Gasteiger partial charge in [-0.2, -0.15) is 0 Å². The van der Waals surface area contributed by atoms with Gasteiger partial charge in [-0.05, 0) is 62.5 Å². The Kier molecular flexibility index (Phi) is 4.89. The number of nitrogens with one attached hydrogen (secondary N) is 1. The summed E-state index contributed by atoms with van der Waals surface area (Å²) < 4.78 is 11.8. The highest BCUT2D eigenvalue weighted by atomic mass is 35.5. The summed E-state index contributed by atoms with van der Waals surface area (Å²) in [7, 11) is 0. The van der Waals surface area contributed by atoms with E-state index in [9.17, 15) is 4.79 Å². The molecule has 0 radical (unpaired) electrons. The molecule has 0 aromatic heterocycles. The minimum Gasteiger partial charge on any atom is -0.466 e. The van der Waals surface area contributed by atoms with Gasteiger partial charge in [0.2, 0.25) is 5.72 Å². The molecule has 0 spiro atoms. The van der Waals surface area contributed by atoms with E-state index in [2.05, 4.69) is 5.32 Å². The highest BCUT2D eigenvalue weighted by Gasteiger charge is 2.59. The smallest absolute Gasteiger partial charge is 0.317 e. The maximum atomic E-state index is 13.0. The second-order valence-corrected chi connectivity index (χ2v) is 8.07. The maximum absolute atomic E-state index is 13.0. The third kappa shape index (κ3) is 3.00. The lowest BCUT2D eigenvalue weighted by Crippen LogP contribution is -2.71. The Bertz CT molecular complexity index is 970. The molecule has 3 atom stereocenters. The average Bonchev–Trinajstić information content (AvgIpc) is 2.62. The lowest BCUT2D eigenvalue weighted by Gasteiger charge is -2.55. The van der Waals surface area contributed by atoms with Gasteiger partial charge in [0.25, 0.3) is 0 Å². The number of carbonyl (C=O) groups excluding carboxylic acids is 1. The minimum atomic E-state index is -1.11. The zero-order valence-electron chi connectivity index (χ0n) is 15.2. The van der Waals surface area contributed by atoms with Crippen LogP contribution >= 0.6 is 35.4 Å². The van der Waals surface area contributed by atoms with Crippen LogP contribution in [0, 0.1) is 5.92 Å². The quantitative estimate of drug-likeness (QED) is 0.554. The first kappa shape index (κ1) is 19.3. The van der Waals surface area contributed by atoms with E-state index in [1.165, 1.54) is 0 Å². The van der Waals surface area contributed by atoms with Gasteiger partial charge < -0.3 is 14.8 Å². The van der Waals surface area contributed by atoms with E-state index in [1.807, 2.05) is 19.1 Å². The number of carbonyl (C=O) groups is 1. The lowest BCUT2D eigenvalue weighted by molar-refractivity contribution is -0.159. The van der Waals surface area contributed by atoms with E-state index >= 15 is 0 Å². The molecule has 2 aromatic rings. The van der Waals surface area contributed by atoms with Crippen LogP contribution in [0.25, 0.3) is 0 Å². The van der Waals surface area contributed by atoms with Crippen LogP contribution in [0.3, 0.4) is 0 Å². The van der Waals surface area contributed by atoms with E-state index in [4.69, 9.17) is 44.9 Å². The molecule has 1 N–H and O–H groups in total. The summed E-state index contributed by atoms with van der Waals surface area (Å²) in [4.78, 5) is 14.8. The Morgan fingerprint density at radius 1 is 1.29 bits per heavy atom. The Hall–Kier alpha value is -2.02. The fourth-order valence-electron chi connectivity index (χ4n) is 3.95. The topological polar surface area (TPSA) is 50.8 Å². The largest absolute Gasteiger partial charge is 0.466 e. The third-order valence-corrected chi connectivity index (χ3v) is 5.84. The number of hydrogen-bond donors (Lipinski definition) is 1. The van der Waals surface area contributed by atoms with Crippen LogP contribution in [-0.2, 0) is 9.53 Å². The highest BCUT2D eigenvalue weighted by Crippen LogP contribution is 2.50. The highest BCUT2D eigenvalue weighted by molar-refractivity contribution is 7.80. The first-order chi connectivity index (χ1) is 13.3. The Balaban J connectivity index is 1.90. The summed E-state index contributed by atoms with van der Waals surface area (Å²) in [5, 5.41) is 4.83. The zero-order valence-corrected chi connectivity index (χ0v) is 17.6. The summed E-state index contributed by atoms with van der Waals surface area (Å²) in [6, 6.07) is 12.2. The van der Waals surface area contributed by atoms with Crippen molar-refractivity contribution in [1.29, 1.82) is 0 Å². The first-order valence-corrected chi connectivity index (χ1v) is 10.0. The molecule has 2 aliphatic heterocycles. The fraction of sp³-hybridized carbons (Fsp3) is 0.300. The van der Waals surface area contributed by atoms with E-state index in [1.54, 1.807) is 42.2 Å². The number of anilines is 1. The second kappa shape index (κ2) is 7.10. The number of benzene rings is 2. The Morgan fingerprint density at radius 3 is 2.75 bits per heavy atom. The molecule has 1 saturated heterocycles. The molecule has 2 heterocycles. The molecule has 5 nitrogen and oxygen atoms in total. The standard InChI is InChI=1S/C20H18Cl2N2O3S/c1-3-26-18(25)16-17-14-10-12(22)7-8-15(14)27-20(16,2)24(19(28)23-17)13-6-4-5-11(21)9-13/h4-10,16-17H,3H2,1-2H3,(H,23,28). The maximum Gasteiger partial charge on any atom is 0.317 e. The molecule has 3 unspecified atom stereocenters. The van der Waals surface area contributed by atoms with E-state index in [0.717, 1.165) is 11.3 Å². The molecule has 0 amide bonds. The first-order valence-electron chi connectivity index (χ1n) is 8.86. The van der Waals surface area contributed by atoms with E-state index < -0.39 is 17.7 Å². The van der Waals surface area contributed by atoms with Gasteiger partial charge >= 0.3 is 5.97 Å². The number of hydrogen-bond acceptors (Lipinski definition) is 4. The molecule has 4 rings (SSSR count). The molecule has 8 heteroatoms. The molecule has 2 bridgehead atoms. The number of nitrogens with zero attached hydrogens (tertiary/aromatic N) is 1. The molecular weight excluding hydrogens is 419 g/mol. The number of fused-ring (bicyclic) bond motifs is 4. The van der Waals surface area contributed by atoms with Crippen molar-refractivity contribution in [2.75, 3.05) is 11.5 Å². The summed E-state index contributed by atoms with van der Waals surface area (Å²) in [5.74, 6) is -0.411. The number of ether oxygens (including phenoxy) is 2. The van der Waals surface area contributed by atoms with Gasteiger partial charge in [0.15, 0.2) is 5.11 Å². The number of thiocarbonyl (C=S) groups is 1. The lowest BCUT2D eigenvalue weighted by atomic mass is 9.79. The predicted molar refractivity (Wildman–Crippen MR) is 113 cm³/mol. The third-order valence-electron chi connectivity index (χ3n) is 5.07. The monoisotopic (exact) mass is 436 g/mol. The van der Waals surface area contributed by atoms with Crippen LogP contribution in [0.4, 0.5) is 5.69 Å². The van der Waals surface area contributed by atoms with Crippen molar-refractivity contribution >= 4 is 52.2 Å². The summed E-state index contributed by atoms with van der Waals surface area (Å²) in [5.41, 5.74) is 0.388. The molecule has 0 aliphatic carbocycles. The number of esters is 1. The normalized spacial score (nSPS) is 25.4. The van der Waals surface area contributed by atoms with Crippen LogP contribution in [0.15, 0.2) is 42.5 Å². The predicted octanol–water partition coefficient (Wildman–Crippen LogP) is 4.72. The molecular formula is C20H18Cl2N2O3S. The van der Waals surface area contributed by atoms with Crippen LogP contribution < -0.4 is 15.0 Å². The SMILES string of the molecule is CCOC(=O)C1C2NC(=S)N(c3cccc(Cl)c3)C1(C)Oc1ccc(Cl)cc12. The average molecular weight is 437 g/mol. The molecule has 146 valence electrons. The summed E-state index contributed by atoms with van der Waals surface area (Å²) in [6.45, 7) is 3.88. The molecule has 1 fully saturated rings. The second-order valence-electron chi connectivity index (χ2n) is 6.81. The van der Waals surface area contributed by atoms with Gasteiger partial charge in [0.1, 0.15) is 11.7 Å². The molecule has 0 saturated carbocycles. The molecule has 2 aliphatic rings. The van der Waals surface area contributed by atoms with Gasteiger partial charge in [-0.1, -0.05) is 29.3 Å². The van der Waals surface area contributed by atoms with Crippen LogP contribution in [0.5, 0.6) is 5.75 Å². The van der Waals surface area contributed by atoms with Gasteiger partial charge in [-0.3, -0.25) is 9.69 Å². The van der Waals surface area contributed by atoms with Crippen molar-refractivity contribution in [2.24, 2.45) is 5.92 Å². The van der Waals surface area contributed by atoms with Crippen LogP contribution in [0.1, 0.15) is 25.5 Å². The Morgan fingerprint density at radius 2 is 2.04 bits per heavy atom. The minimum absolute atomic E-state index is 0.266. The zero-order chi connectivity index (χ0) is 20.1. The molecule has 2 aromatic carbocycles. The van der Waals surface area contributed by atoms with Gasteiger partial charge in [0.05, 0.1) is 12.6 Å². The van der Waals surface area contributed by atoms with Crippen molar-refractivity contribution in [3.05, 3.63) is 58.1 Å². The summed E-state index contributed by atoms with van der Waals surface area (Å²) in [6.07, 6.45) is 0.